The molecule has 24 heavy (non-hydrogen) atoms. The van der Waals surface area contributed by atoms with Crippen LogP contribution < -0.4 is 4.72 Å². The summed E-state index contributed by atoms with van der Waals surface area (Å²) in [6.07, 6.45) is 0. The Bertz CT molecular complexity index is 918. The highest BCUT2D eigenvalue weighted by molar-refractivity contribution is 7.88. The number of sulfonamides is 1. The highest BCUT2D eigenvalue weighted by Crippen LogP contribution is 2.18. The average Bonchev–Trinajstić information content (AvgIpc) is 3.03. The molecule has 0 saturated heterocycles. The maximum Gasteiger partial charge on any atom is 0.216 e. The van der Waals surface area contributed by atoms with E-state index in [1.54, 1.807) is 12.1 Å². The molecule has 0 aliphatic rings. The van der Waals surface area contributed by atoms with Crippen LogP contribution in [0.2, 0.25) is 0 Å². The van der Waals surface area contributed by atoms with E-state index in [1.165, 1.54) is 0 Å². The number of nitrogens with zero attached hydrogens (tertiary/aromatic N) is 1. The van der Waals surface area contributed by atoms with E-state index in [2.05, 4.69) is 9.88 Å². The van der Waals surface area contributed by atoms with E-state index in [0.29, 0.717) is 11.5 Å². The summed E-state index contributed by atoms with van der Waals surface area (Å²) >= 11 is 0. The quantitative estimate of drug-likeness (QED) is 0.746. The minimum Gasteiger partial charge on any atom is -0.359 e. The van der Waals surface area contributed by atoms with Gasteiger partial charge < -0.3 is 4.52 Å². The van der Waals surface area contributed by atoms with Crippen molar-refractivity contribution in [3.8, 4) is 11.3 Å². The molecule has 2 aromatic carbocycles. The van der Waals surface area contributed by atoms with Crippen LogP contribution in [-0.4, -0.2) is 13.6 Å². The Morgan fingerprint density at radius 1 is 1.04 bits per heavy atom. The van der Waals surface area contributed by atoms with Crippen molar-refractivity contribution in [1.29, 1.82) is 0 Å². The lowest BCUT2D eigenvalue weighted by atomic mass is 10.1. The number of hydrogen-bond acceptors (Lipinski definition) is 4. The van der Waals surface area contributed by atoms with Crippen LogP contribution in [0, 0.1) is 6.92 Å². The first-order valence-corrected chi connectivity index (χ1v) is 9.21. The predicted octanol–water partition coefficient (Wildman–Crippen LogP) is 3.27. The zero-order valence-corrected chi connectivity index (χ0v) is 14.1. The second kappa shape index (κ2) is 6.98. The van der Waals surface area contributed by atoms with Crippen molar-refractivity contribution in [2.75, 3.05) is 0 Å². The molecule has 124 valence electrons. The second-order valence-corrected chi connectivity index (χ2v) is 7.42. The standard InChI is InChI=1S/C18H18N2O3S/c1-14-6-5-7-15(10-14)13-24(21,22)19-12-17-11-18(20-23-17)16-8-3-2-4-9-16/h2-11,19H,12-13H2,1H3. The van der Waals surface area contributed by atoms with Crippen LogP contribution in [-0.2, 0) is 22.3 Å². The van der Waals surface area contributed by atoms with E-state index < -0.39 is 10.0 Å². The van der Waals surface area contributed by atoms with Crippen LogP contribution >= 0.6 is 0 Å². The van der Waals surface area contributed by atoms with Gasteiger partial charge >= 0.3 is 0 Å². The van der Waals surface area contributed by atoms with Crippen LogP contribution in [0.15, 0.2) is 65.2 Å². The number of aryl methyl sites for hydroxylation is 1. The lowest BCUT2D eigenvalue weighted by molar-refractivity contribution is 0.382. The van der Waals surface area contributed by atoms with Gasteiger partial charge in [-0.25, -0.2) is 13.1 Å². The zero-order valence-electron chi connectivity index (χ0n) is 13.3. The Morgan fingerprint density at radius 2 is 1.83 bits per heavy atom. The van der Waals surface area contributed by atoms with Crippen molar-refractivity contribution in [2.24, 2.45) is 0 Å². The van der Waals surface area contributed by atoms with Gasteiger partial charge in [-0.05, 0) is 12.5 Å². The average molecular weight is 342 g/mol. The molecule has 0 saturated carbocycles. The Hall–Kier alpha value is -2.44. The van der Waals surface area contributed by atoms with Crippen LogP contribution in [0.25, 0.3) is 11.3 Å². The van der Waals surface area contributed by atoms with Gasteiger partial charge in [-0.1, -0.05) is 65.3 Å². The van der Waals surface area contributed by atoms with Crippen molar-refractivity contribution in [3.63, 3.8) is 0 Å². The summed E-state index contributed by atoms with van der Waals surface area (Å²) in [5.74, 6) is 0.413. The van der Waals surface area contributed by atoms with Crippen molar-refractivity contribution in [2.45, 2.75) is 19.2 Å². The van der Waals surface area contributed by atoms with Gasteiger partial charge in [-0.2, -0.15) is 0 Å². The van der Waals surface area contributed by atoms with Crippen LogP contribution in [0.3, 0.4) is 0 Å². The molecule has 1 heterocycles. The molecule has 0 amide bonds. The van der Waals surface area contributed by atoms with Gasteiger partial charge in [0.1, 0.15) is 5.69 Å². The number of nitrogens with one attached hydrogen (secondary N) is 1. The number of aromatic nitrogens is 1. The van der Waals surface area contributed by atoms with Gasteiger partial charge in [-0.15, -0.1) is 0 Å². The minimum absolute atomic E-state index is 0.0612. The van der Waals surface area contributed by atoms with Crippen molar-refractivity contribution in [1.82, 2.24) is 9.88 Å². The fourth-order valence-corrected chi connectivity index (χ4v) is 3.48. The third kappa shape index (κ3) is 4.31. The number of hydrogen-bond donors (Lipinski definition) is 1. The van der Waals surface area contributed by atoms with Crippen molar-refractivity contribution >= 4 is 10.0 Å². The van der Waals surface area contributed by atoms with Crippen LogP contribution in [0.4, 0.5) is 0 Å². The zero-order chi connectivity index (χ0) is 17.0. The topological polar surface area (TPSA) is 72.2 Å². The third-order valence-corrected chi connectivity index (χ3v) is 4.83. The maximum absolute atomic E-state index is 12.2. The molecule has 0 aliphatic heterocycles. The van der Waals surface area contributed by atoms with E-state index in [4.69, 9.17) is 4.52 Å². The molecular weight excluding hydrogens is 324 g/mol. The largest absolute Gasteiger partial charge is 0.359 e. The molecule has 0 spiro atoms. The van der Waals surface area contributed by atoms with Crippen molar-refractivity contribution < 1.29 is 12.9 Å². The molecule has 1 N–H and O–H groups in total. The van der Waals surface area contributed by atoms with Gasteiger partial charge in [0.15, 0.2) is 5.76 Å². The fraction of sp³-hybridized carbons (Fsp3) is 0.167. The summed E-state index contributed by atoms with van der Waals surface area (Å²) in [6.45, 7) is 2.01. The Morgan fingerprint density at radius 3 is 2.58 bits per heavy atom. The molecule has 3 aromatic rings. The molecule has 0 aliphatic carbocycles. The molecule has 0 atom stereocenters. The molecule has 3 rings (SSSR count). The van der Waals surface area contributed by atoms with E-state index in [9.17, 15) is 8.42 Å². The first-order chi connectivity index (χ1) is 11.5. The first-order valence-electron chi connectivity index (χ1n) is 7.56. The summed E-state index contributed by atoms with van der Waals surface area (Å²) in [4.78, 5) is 0. The summed E-state index contributed by atoms with van der Waals surface area (Å²) in [6, 6.07) is 18.8. The fourth-order valence-electron chi connectivity index (χ4n) is 2.39. The van der Waals surface area contributed by atoms with E-state index in [-0.39, 0.29) is 12.3 Å². The van der Waals surface area contributed by atoms with Crippen molar-refractivity contribution in [3.05, 3.63) is 77.6 Å². The summed E-state index contributed by atoms with van der Waals surface area (Å²) in [5.41, 5.74) is 3.40. The lowest BCUT2D eigenvalue weighted by Gasteiger charge is -2.05. The van der Waals surface area contributed by atoms with Crippen LogP contribution in [0.1, 0.15) is 16.9 Å². The summed E-state index contributed by atoms with van der Waals surface area (Å²) in [5, 5.41) is 3.97. The monoisotopic (exact) mass is 342 g/mol. The molecule has 0 unspecified atom stereocenters. The molecule has 5 nitrogen and oxygen atoms in total. The molecule has 1 aromatic heterocycles. The van der Waals surface area contributed by atoms with E-state index in [1.807, 2.05) is 55.5 Å². The molecule has 0 bridgehead atoms. The van der Waals surface area contributed by atoms with Gasteiger partial charge in [0.05, 0.1) is 12.3 Å². The lowest BCUT2D eigenvalue weighted by Crippen LogP contribution is -2.24. The van der Waals surface area contributed by atoms with Gasteiger partial charge in [0.25, 0.3) is 0 Å². The van der Waals surface area contributed by atoms with Gasteiger partial charge in [0, 0.05) is 11.6 Å². The Kier molecular flexibility index (Phi) is 4.78. The molecule has 0 radical (unpaired) electrons. The minimum atomic E-state index is -3.44. The van der Waals surface area contributed by atoms with Gasteiger partial charge in [-0.3, -0.25) is 0 Å². The summed E-state index contributed by atoms with van der Waals surface area (Å²) in [7, 11) is -3.44. The summed E-state index contributed by atoms with van der Waals surface area (Å²) < 4.78 is 32.1. The first kappa shape index (κ1) is 16.4. The normalized spacial score (nSPS) is 11.5. The Balaban J connectivity index is 1.64. The number of rotatable bonds is 6. The van der Waals surface area contributed by atoms with E-state index >= 15 is 0 Å². The SMILES string of the molecule is Cc1cccc(CS(=O)(=O)NCc2cc(-c3ccccc3)no2)c1. The van der Waals surface area contributed by atoms with Gasteiger partial charge in [0.2, 0.25) is 10.0 Å². The second-order valence-electron chi connectivity index (χ2n) is 5.61. The highest BCUT2D eigenvalue weighted by Gasteiger charge is 2.14. The predicted molar refractivity (Wildman–Crippen MR) is 92.6 cm³/mol. The molecular formula is C18H18N2O3S. The molecule has 6 heteroatoms. The highest BCUT2D eigenvalue weighted by atomic mass is 32.2. The van der Waals surface area contributed by atoms with E-state index in [0.717, 1.165) is 16.7 Å². The Labute approximate surface area is 141 Å². The third-order valence-electron chi connectivity index (χ3n) is 3.53. The maximum atomic E-state index is 12.2. The van der Waals surface area contributed by atoms with Crippen LogP contribution in [0.5, 0.6) is 0 Å². The number of benzene rings is 2. The molecule has 0 fully saturated rings. The smallest absolute Gasteiger partial charge is 0.216 e.